The van der Waals surface area contributed by atoms with Gasteiger partial charge in [-0.1, -0.05) is 20.8 Å². The third-order valence-electron chi connectivity index (χ3n) is 4.05. The summed E-state index contributed by atoms with van der Waals surface area (Å²) >= 11 is 0. The van der Waals surface area contributed by atoms with E-state index in [2.05, 4.69) is 4.90 Å². The standard InChI is InChI=1S/C14H24N2O3/c1-14(2,3)11(13(18)19)12(17)16-8-6-15(7-9-16)10-4-5-10/h10-11H,4-9H2,1-3H3,(H,18,19). The van der Waals surface area contributed by atoms with E-state index in [0.29, 0.717) is 13.1 Å². The minimum absolute atomic E-state index is 0.226. The summed E-state index contributed by atoms with van der Waals surface area (Å²) in [6, 6.07) is 0.718. The highest BCUT2D eigenvalue weighted by atomic mass is 16.4. The van der Waals surface area contributed by atoms with Crippen LogP contribution in [0.4, 0.5) is 0 Å². The molecular weight excluding hydrogens is 244 g/mol. The van der Waals surface area contributed by atoms with Gasteiger partial charge in [0.1, 0.15) is 5.92 Å². The van der Waals surface area contributed by atoms with E-state index in [-0.39, 0.29) is 5.91 Å². The van der Waals surface area contributed by atoms with E-state index in [1.165, 1.54) is 12.8 Å². The van der Waals surface area contributed by atoms with E-state index in [4.69, 9.17) is 0 Å². The Labute approximate surface area is 114 Å². The number of carboxylic acid groups (broad SMARTS) is 1. The summed E-state index contributed by atoms with van der Waals surface area (Å²) in [6.07, 6.45) is 2.54. The van der Waals surface area contributed by atoms with Gasteiger partial charge in [-0.05, 0) is 18.3 Å². The van der Waals surface area contributed by atoms with Crippen LogP contribution in [0.15, 0.2) is 0 Å². The fraction of sp³-hybridized carbons (Fsp3) is 0.857. The van der Waals surface area contributed by atoms with Crippen molar-refractivity contribution < 1.29 is 14.7 Å². The number of hydrogen-bond donors (Lipinski definition) is 1. The molecule has 0 aromatic rings. The second-order valence-electron chi connectivity index (χ2n) is 6.73. The molecule has 0 bridgehead atoms. The molecule has 5 heteroatoms. The molecule has 1 saturated heterocycles. The Kier molecular flexibility index (Phi) is 3.85. The van der Waals surface area contributed by atoms with Crippen LogP contribution in [0.5, 0.6) is 0 Å². The van der Waals surface area contributed by atoms with Gasteiger partial charge in [0.15, 0.2) is 0 Å². The molecule has 108 valence electrons. The summed E-state index contributed by atoms with van der Waals surface area (Å²) < 4.78 is 0. The van der Waals surface area contributed by atoms with Gasteiger partial charge in [-0.15, -0.1) is 0 Å². The lowest BCUT2D eigenvalue weighted by atomic mass is 9.79. The Bertz CT molecular complexity index is 363. The smallest absolute Gasteiger partial charge is 0.316 e. The molecule has 1 aliphatic heterocycles. The second kappa shape index (κ2) is 5.12. The Morgan fingerprint density at radius 3 is 2.00 bits per heavy atom. The van der Waals surface area contributed by atoms with Gasteiger partial charge in [0, 0.05) is 32.2 Å². The maximum absolute atomic E-state index is 12.4. The first-order valence-electron chi connectivity index (χ1n) is 7.06. The molecule has 1 atom stereocenters. The highest BCUT2D eigenvalue weighted by Gasteiger charge is 2.41. The van der Waals surface area contributed by atoms with Gasteiger partial charge in [-0.2, -0.15) is 0 Å². The Morgan fingerprint density at radius 2 is 1.63 bits per heavy atom. The summed E-state index contributed by atoms with van der Waals surface area (Å²) in [5, 5.41) is 9.30. The first-order valence-corrected chi connectivity index (χ1v) is 7.06. The second-order valence-corrected chi connectivity index (χ2v) is 6.73. The highest BCUT2D eigenvalue weighted by Crippen LogP contribution is 2.30. The lowest BCUT2D eigenvalue weighted by molar-refractivity contribution is -0.157. The molecule has 0 radical (unpaired) electrons. The molecule has 1 heterocycles. The molecule has 1 saturated carbocycles. The van der Waals surface area contributed by atoms with Crippen LogP contribution >= 0.6 is 0 Å². The molecule has 5 nitrogen and oxygen atoms in total. The van der Waals surface area contributed by atoms with Gasteiger partial charge in [-0.3, -0.25) is 14.5 Å². The average Bonchev–Trinajstić information content (AvgIpc) is 3.10. The van der Waals surface area contributed by atoms with Crippen LogP contribution in [0.25, 0.3) is 0 Å². The molecule has 2 aliphatic rings. The first-order chi connectivity index (χ1) is 8.80. The van der Waals surface area contributed by atoms with Crippen molar-refractivity contribution in [2.75, 3.05) is 26.2 Å². The fourth-order valence-electron chi connectivity index (χ4n) is 2.78. The van der Waals surface area contributed by atoms with Gasteiger partial charge < -0.3 is 10.0 Å². The quantitative estimate of drug-likeness (QED) is 0.777. The van der Waals surface area contributed by atoms with Gasteiger partial charge in [0.2, 0.25) is 5.91 Å². The SMILES string of the molecule is CC(C)(C)C(C(=O)O)C(=O)N1CCN(C2CC2)CC1. The van der Waals surface area contributed by atoms with Crippen LogP contribution < -0.4 is 0 Å². The monoisotopic (exact) mass is 268 g/mol. The predicted molar refractivity (Wildman–Crippen MR) is 71.8 cm³/mol. The van der Waals surface area contributed by atoms with E-state index < -0.39 is 17.3 Å². The van der Waals surface area contributed by atoms with Crippen molar-refractivity contribution in [2.45, 2.75) is 39.7 Å². The van der Waals surface area contributed by atoms with Crippen molar-refractivity contribution in [1.29, 1.82) is 0 Å². The van der Waals surface area contributed by atoms with Gasteiger partial charge in [0.25, 0.3) is 0 Å². The largest absolute Gasteiger partial charge is 0.481 e. The Morgan fingerprint density at radius 1 is 1.11 bits per heavy atom. The maximum atomic E-state index is 12.4. The van der Waals surface area contributed by atoms with E-state index in [9.17, 15) is 14.7 Å². The number of amides is 1. The maximum Gasteiger partial charge on any atom is 0.316 e. The van der Waals surface area contributed by atoms with Crippen molar-refractivity contribution in [3.8, 4) is 0 Å². The lowest BCUT2D eigenvalue weighted by Gasteiger charge is -2.38. The van der Waals surface area contributed by atoms with Crippen molar-refractivity contribution in [2.24, 2.45) is 11.3 Å². The average molecular weight is 268 g/mol. The Balaban J connectivity index is 1.97. The summed E-state index contributed by atoms with van der Waals surface area (Å²) in [6.45, 7) is 8.52. The molecule has 0 aromatic heterocycles. The molecule has 1 N–H and O–H groups in total. The third kappa shape index (κ3) is 3.26. The molecule has 2 fully saturated rings. The Hall–Kier alpha value is -1.10. The number of piperazine rings is 1. The summed E-state index contributed by atoms with van der Waals surface area (Å²) in [4.78, 5) is 27.9. The van der Waals surface area contributed by atoms with E-state index in [1.54, 1.807) is 4.90 Å². The topological polar surface area (TPSA) is 60.9 Å². The number of hydrogen-bond acceptors (Lipinski definition) is 3. The predicted octanol–water partition coefficient (Wildman–Crippen LogP) is 1.04. The van der Waals surface area contributed by atoms with Crippen LogP contribution in [-0.4, -0.2) is 59.0 Å². The molecule has 2 rings (SSSR count). The van der Waals surface area contributed by atoms with Crippen molar-refractivity contribution >= 4 is 11.9 Å². The normalized spacial score (nSPS) is 23.2. The minimum atomic E-state index is -1.01. The van der Waals surface area contributed by atoms with Crippen LogP contribution in [0.3, 0.4) is 0 Å². The zero-order valence-electron chi connectivity index (χ0n) is 12.1. The van der Waals surface area contributed by atoms with Crippen molar-refractivity contribution in [3.05, 3.63) is 0 Å². The number of rotatable bonds is 3. The van der Waals surface area contributed by atoms with Crippen LogP contribution in [0.2, 0.25) is 0 Å². The highest BCUT2D eigenvalue weighted by molar-refractivity contribution is 5.97. The molecule has 0 spiro atoms. The van der Waals surface area contributed by atoms with Crippen LogP contribution in [0.1, 0.15) is 33.6 Å². The van der Waals surface area contributed by atoms with Crippen molar-refractivity contribution in [3.63, 3.8) is 0 Å². The minimum Gasteiger partial charge on any atom is -0.481 e. The summed E-state index contributed by atoms with van der Waals surface area (Å²) in [7, 11) is 0. The van der Waals surface area contributed by atoms with Gasteiger partial charge in [-0.25, -0.2) is 0 Å². The zero-order valence-corrected chi connectivity index (χ0v) is 12.1. The lowest BCUT2D eigenvalue weighted by Crippen LogP contribution is -2.53. The molecule has 1 amide bonds. The third-order valence-corrected chi connectivity index (χ3v) is 4.05. The first kappa shape index (κ1) is 14.3. The number of aliphatic carboxylic acids is 1. The summed E-state index contributed by atoms with van der Waals surface area (Å²) in [5.74, 6) is -2.18. The van der Waals surface area contributed by atoms with Gasteiger partial charge >= 0.3 is 5.97 Å². The molecule has 19 heavy (non-hydrogen) atoms. The summed E-state index contributed by atoms with van der Waals surface area (Å²) in [5.41, 5.74) is -0.545. The number of carboxylic acids is 1. The molecule has 1 unspecified atom stereocenters. The molecule has 1 aliphatic carbocycles. The number of carbonyl (C=O) groups is 2. The van der Waals surface area contributed by atoms with Crippen LogP contribution in [-0.2, 0) is 9.59 Å². The fourth-order valence-corrected chi connectivity index (χ4v) is 2.78. The zero-order chi connectivity index (χ0) is 14.2. The van der Waals surface area contributed by atoms with Crippen LogP contribution in [0, 0.1) is 11.3 Å². The van der Waals surface area contributed by atoms with Gasteiger partial charge in [0.05, 0.1) is 0 Å². The van der Waals surface area contributed by atoms with E-state index in [0.717, 1.165) is 19.1 Å². The number of nitrogens with zero attached hydrogens (tertiary/aromatic N) is 2. The van der Waals surface area contributed by atoms with Crippen molar-refractivity contribution in [1.82, 2.24) is 9.80 Å². The molecular formula is C14H24N2O3. The molecule has 0 aromatic carbocycles. The number of carbonyl (C=O) groups excluding carboxylic acids is 1. The van der Waals surface area contributed by atoms with E-state index >= 15 is 0 Å². The van der Waals surface area contributed by atoms with E-state index in [1.807, 2.05) is 20.8 Å².